The highest BCUT2D eigenvalue weighted by Gasteiger charge is 2.32. The van der Waals surface area contributed by atoms with E-state index < -0.39 is 39.8 Å². The van der Waals surface area contributed by atoms with Gasteiger partial charge in [-0.3, -0.25) is 14.9 Å². The van der Waals surface area contributed by atoms with Crippen molar-refractivity contribution < 1.29 is 27.3 Å². The minimum absolute atomic E-state index is 0.0286. The van der Waals surface area contributed by atoms with Gasteiger partial charge in [0, 0.05) is 25.2 Å². The second-order valence-corrected chi connectivity index (χ2v) is 5.36. The monoisotopic (exact) mass is 386 g/mol. The van der Waals surface area contributed by atoms with Gasteiger partial charge in [0.05, 0.1) is 10.5 Å². The second kappa shape index (κ2) is 8.43. The van der Waals surface area contributed by atoms with E-state index >= 15 is 0 Å². The summed E-state index contributed by atoms with van der Waals surface area (Å²) in [5.74, 6) is -1.70. The number of nitrogens with zero attached hydrogens (tertiary/aromatic N) is 2. The number of pyridine rings is 1. The molecule has 2 rings (SSSR count). The molecular weight excluding hydrogens is 372 g/mol. The summed E-state index contributed by atoms with van der Waals surface area (Å²) in [5.41, 5.74) is -1.91. The average Bonchev–Trinajstić information content (AvgIpc) is 2.61. The summed E-state index contributed by atoms with van der Waals surface area (Å²) in [6.45, 7) is 0.277. The number of nitro groups is 1. The zero-order chi connectivity index (χ0) is 20.0. The molecule has 0 fully saturated rings. The van der Waals surface area contributed by atoms with Crippen LogP contribution in [0, 0.1) is 15.9 Å². The maximum Gasteiger partial charge on any atom is 0.433 e. The molecule has 0 spiro atoms. The lowest BCUT2D eigenvalue weighted by atomic mass is 10.1. The number of hydrogen-bond donors (Lipinski definition) is 2. The number of non-ortho nitro benzene ring substituents is 1. The number of benzene rings is 1. The van der Waals surface area contributed by atoms with Gasteiger partial charge in [-0.15, -0.1) is 0 Å². The quantitative estimate of drug-likeness (QED) is 0.329. The van der Waals surface area contributed by atoms with Gasteiger partial charge in [0.2, 0.25) is 0 Å². The third kappa shape index (κ3) is 5.62. The fourth-order valence-corrected chi connectivity index (χ4v) is 2.09. The van der Waals surface area contributed by atoms with Crippen LogP contribution in [0.25, 0.3) is 0 Å². The van der Waals surface area contributed by atoms with Gasteiger partial charge < -0.3 is 10.6 Å². The Morgan fingerprint density at radius 2 is 1.93 bits per heavy atom. The molecule has 7 nitrogen and oxygen atoms in total. The Kier molecular flexibility index (Phi) is 6.27. The number of alkyl halides is 3. The summed E-state index contributed by atoms with van der Waals surface area (Å²) >= 11 is 0. The first-order valence-corrected chi connectivity index (χ1v) is 7.69. The second-order valence-electron chi connectivity index (χ2n) is 5.36. The van der Waals surface area contributed by atoms with Crippen LogP contribution in [-0.2, 0) is 6.18 Å². The van der Waals surface area contributed by atoms with Crippen molar-refractivity contribution in [3.63, 3.8) is 0 Å². The zero-order valence-electron chi connectivity index (χ0n) is 13.7. The van der Waals surface area contributed by atoms with Gasteiger partial charge in [-0.25, -0.2) is 9.37 Å². The maximum atomic E-state index is 13.6. The van der Waals surface area contributed by atoms with Gasteiger partial charge in [-0.1, -0.05) is 6.07 Å². The van der Waals surface area contributed by atoms with Gasteiger partial charge in [0.25, 0.3) is 11.6 Å². The van der Waals surface area contributed by atoms with Gasteiger partial charge >= 0.3 is 6.18 Å². The molecule has 144 valence electrons. The van der Waals surface area contributed by atoms with Crippen molar-refractivity contribution in [1.29, 1.82) is 0 Å². The molecule has 2 N–H and O–H groups in total. The molecular formula is C16H14F4N4O3. The van der Waals surface area contributed by atoms with Crippen molar-refractivity contribution in [3.8, 4) is 0 Å². The molecule has 27 heavy (non-hydrogen) atoms. The molecule has 0 aliphatic carbocycles. The Bertz CT molecular complexity index is 843. The van der Waals surface area contributed by atoms with E-state index in [1.807, 2.05) is 0 Å². The number of amides is 1. The molecule has 0 saturated heterocycles. The molecule has 0 radical (unpaired) electrons. The lowest BCUT2D eigenvalue weighted by Gasteiger charge is -2.10. The standard InChI is InChI=1S/C16H14F4N4O3/c17-12-6-5-10(24(26)27)9-11(12)15(25)22-8-2-7-21-14-4-1-3-13(23-14)16(18,19)20/h1,3-6,9H,2,7-8H2,(H,21,23)(H,22,25). The smallest absolute Gasteiger partial charge is 0.370 e. The van der Waals surface area contributed by atoms with Crippen molar-refractivity contribution in [1.82, 2.24) is 10.3 Å². The molecule has 1 aromatic carbocycles. The van der Waals surface area contributed by atoms with Gasteiger partial charge in [0.1, 0.15) is 17.3 Å². The number of nitro benzene ring substituents is 1. The van der Waals surface area contributed by atoms with Crippen LogP contribution in [0.2, 0.25) is 0 Å². The van der Waals surface area contributed by atoms with Crippen molar-refractivity contribution >= 4 is 17.4 Å². The first kappa shape index (κ1) is 20.1. The van der Waals surface area contributed by atoms with Crippen molar-refractivity contribution in [3.05, 3.63) is 63.6 Å². The molecule has 0 unspecified atom stereocenters. The molecule has 1 heterocycles. The number of rotatable bonds is 7. The number of halogens is 4. The van der Waals surface area contributed by atoms with Gasteiger partial charge in [-0.05, 0) is 24.6 Å². The summed E-state index contributed by atoms with van der Waals surface area (Å²) < 4.78 is 51.3. The summed E-state index contributed by atoms with van der Waals surface area (Å²) in [6, 6.07) is 6.03. The molecule has 0 atom stereocenters. The normalized spacial score (nSPS) is 11.1. The third-order valence-electron chi connectivity index (χ3n) is 3.39. The molecule has 0 aliphatic heterocycles. The average molecular weight is 386 g/mol. The van der Waals surface area contributed by atoms with Crippen molar-refractivity contribution in [2.75, 3.05) is 18.4 Å². The van der Waals surface area contributed by atoms with E-state index in [0.29, 0.717) is 6.42 Å². The zero-order valence-corrected chi connectivity index (χ0v) is 13.7. The number of hydrogen-bond acceptors (Lipinski definition) is 5. The summed E-state index contributed by atoms with van der Waals surface area (Å²) in [4.78, 5) is 25.2. The number of aromatic nitrogens is 1. The molecule has 1 amide bonds. The van der Waals surface area contributed by atoms with Crippen LogP contribution in [0.1, 0.15) is 22.5 Å². The summed E-state index contributed by atoms with van der Waals surface area (Å²) in [5, 5.41) is 15.7. The molecule has 0 aliphatic rings. The van der Waals surface area contributed by atoms with Crippen LogP contribution in [0.4, 0.5) is 29.1 Å². The van der Waals surface area contributed by atoms with Crippen LogP contribution in [-0.4, -0.2) is 28.9 Å². The highest BCUT2D eigenvalue weighted by Crippen LogP contribution is 2.28. The first-order valence-electron chi connectivity index (χ1n) is 7.69. The fourth-order valence-electron chi connectivity index (χ4n) is 2.09. The maximum absolute atomic E-state index is 13.6. The van der Waals surface area contributed by atoms with E-state index in [1.165, 1.54) is 12.1 Å². The van der Waals surface area contributed by atoms with E-state index in [-0.39, 0.29) is 18.9 Å². The van der Waals surface area contributed by atoms with E-state index in [1.54, 1.807) is 0 Å². The van der Waals surface area contributed by atoms with E-state index in [2.05, 4.69) is 15.6 Å². The lowest BCUT2D eigenvalue weighted by Crippen LogP contribution is -2.26. The number of nitrogens with one attached hydrogen (secondary N) is 2. The fraction of sp³-hybridized carbons (Fsp3) is 0.250. The summed E-state index contributed by atoms with van der Waals surface area (Å²) in [7, 11) is 0. The van der Waals surface area contributed by atoms with Gasteiger partial charge in [-0.2, -0.15) is 13.2 Å². The van der Waals surface area contributed by atoms with E-state index in [9.17, 15) is 32.5 Å². The highest BCUT2D eigenvalue weighted by atomic mass is 19.4. The Labute approximate surface area is 150 Å². The Morgan fingerprint density at radius 1 is 1.19 bits per heavy atom. The Balaban J connectivity index is 1.83. The van der Waals surface area contributed by atoms with Crippen LogP contribution >= 0.6 is 0 Å². The SMILES string of the molecule is O=C(NCCCNc1cccc(C(F)(F)F)n1)c1cc([N+](=O)[O-])ccc1F. The van der Waals surface area contributed by atoms with E-state index in [4.69, 9.17) is 0 Å². The minimum atomic E-state index is -4.55. The summed E-state index contributed by atoms with van der Waals surface area (Å²) in [6.07, 6.45) is -4.24. The van der Waals surface area contributed by atoms with Crippen molar-refractivity contribution in [2.45, 2.75) is 12.6 Å². The number of carbonyl (C=O) groups excluding carboxylic acids is 1. The predicted molar refractivity (Wildman–Crippen MR) is 87.7 cm³/mol. The Hall–Kier alpha value is -3.24. The van der Waals surface area contributed by atoms with Gasteiger partial charge in [0.15, 0.2) is 0 Å². The Morgan fingerprint density at radius 3 is 2.59 bits per heavy atom. The lowest BCUT2D eigenvalue weighted by molar-refractivity contribution is -0.384. The molecule has 2 aromatic rings. The van der Waals surface area contributed by atoms with Crippen LogP contribution in [0.15, 0.2) is 36.4 Å². The molecule has 0 bridgehead atoms. The van der Waals surface area contributed by atoms with E-state index in [0.717, 1.165) is 24.3 Å². The third-order valence-corrected chi connectivity index (χ3v) is 3.39. The largest absolute Gasteiger partial charge is 0.433 e. The van der Waals surface area contributed by atoms with Crippen LogP contribution in [0.3, 0.4) is 0 Å². The molecule has 1 aromatic heterocycles. The predicted octanol–water partition coefficient (Wildman–Crippen LogP) is 3.38. The van der Waals surface area contributed by atoms with Crippen molar-refractivity contribution in [2.24, 2.45) is 0 Å². The minimum Gasteiger partial charge on any atom is -0.370 e. The van der Waals surface area contributed by atoms with Crippen LogP contribution < -0.4 is 10.6 Å². The first-order chi connectivity index (χ1) is 12.7. The highest BCUT2D eigenvalue weighted by molar-refractivity contribution is 5.95. The number of carbonyl (C=O) groups is 1. The topological polar surface area (TPSA) is 97.2 Å². The molecule has 11 heteroatoms. The molecule has 0 saturated carbocycles. The van der Waals surface area contributed by atoms with Crippen LogP contribution in [0.5, 0.6) is 0 Å². The number of anilines is 1.